The van der Waals surface area contributed by atoms with Crippen LogP contribution in [0.2, 0.25) is 0 Å². The van der Waals surface area contributed by atoms with E-state index >= 15 is 0 Å². The molecule has 3 N–H and O–H groups in total. The highest BCUT2D eigenvalue weighted by Crippen LogP contribution is 2.32. The number of benzene rings is 1. The lowest BCUT2D eigenvalue weighted by molar-refractivity contribution is 0.313. The second kappa shape index (κ2) is 9.94. The number of nitrogens with two attached hydrogens (primary N) is 1. The van der Waals surface area contributed by atoms with Crippen LogP contribution in [-0.2, 0) is 18.5 Å². The molecular formula is C29H35N9O. The zero-order valence-corrected chi connectivity index (χ0v) is 22.6. The van der Waals surface area contributed by atoms with Crippen molar-refractivity contribution in [2.24, 2.45) is 5.73 Å². The maximum Gasteiger partial charge on any atom is 0.278 e. The molecule has 6 rings (SSSR count). The van der Waals surface area contributed by atoms with Gasteiger partial charge in [0.05, 0.1) is 17.8 Å². The van der Waals surface area contributed by atoms with Gasteiger partial charge in [-0.15, -0.1) is 6.58 Å². The molecule has 2 aliphatic rings. The average molecular weight is 526 g/mol. The van der Waals surface area contributed by atoms with Crippen LogP contribution in [-0.4, -0.2) is 62.4 Å². The van der Waals surface area contributed by atoms with Crippen molar-refractivity contribution in [3.63, 3.8) is 0 Å². The molecule has 0 bridgehead atoms. The lowest BCUT2D eigenvalue weighted by atomic mass is 9.82. The molecule has 4 heterocycles. The van der Waals surface area contributed by atoms with Crippen molar-refractivity contribution in [3.8, 4) is 5.82 Å². The predicted molar refractivity (Wildman–Crippen MR) is 155 cm³/mol. The standard InChI is InChI=1S/C29H35N9O/c1-4-14-37-27(39)23-19-31-28(32-21-8-10-22(11-9-21)36-17-15-35(3)16-18-36)34-26(23)38(37)24-12-7-20-6-5-13-29(2,30)25(20)33-24/h4,7-12,19H,1,5-6,13-18,30H2,2-3H3,(H,31,32,34)/t29-/m1/s1. The minimum Gasteiger partial charge on any atom is -0.369 e. The number of anilines is 3. The van der Waals surface area contributed by atoms with Crippen molar-refractivity contribution in [1.82, 2.24) is 29.2 Å². The Kier molecular flexibility index (Phi) is 6.44. The van der Waals surface area contributed by atoms with Crippen LogP contribution in [0.5, 0.6) is 0 Å². The maximum absolute atomic E-state index is 13.3. The summed E-state index contributed by atoms with van der Waals surface area (Å²) in [5, 5.41) is 3.72. The van der Waals surface area contributed by atoms with Gasteiger partial charge in [0.2, 0.25) is 5.95 Å². The average Bonchev–Trinajstić information content (AvgIpc) is 3.20. The number of nitrogens with zero attached hydrogens (tertiary/aromatic N) is 7. The summed E-state index contributed by atoms with van der Waals surface area (Å²) < 4.78 is 3.35. The van der Waals surface area contributed by atoms with Gasteiger partial charge in [-0.05, 0) is 69.1 Å². The summed E-state index contributed by atoms with van der Waals surface area (Å²) in [6.07, 6.45) is 6.12. The van der Waals surface area contributed by atoms with Crippen LogP contribution >= 0.6 is 0 Å². The number of piperazine rings is 1. The molecule has 1 aliphatic carbocycles. The van der Waals surface area contributed by atoms with Crippen LogP contribution in [0.4, 0.5) is 17.3 Å². The number of nitrogens with one attached hydrogen (secondary N) is 1. The van der Waals surface area contributed by atoms with Crippen molar-refractivity contribution < 1.29 is 0 Å². The van der Waals surface area contributed by atoms with Crippen molar-refractivity contribution in [2.75, 3.05) is 43.4 Å². The summed E-state index contributed by atoms with van der Waals surface area (Å²) in [5.74, 6) is 1.00. The Labute approximate surface area is 227 Å². The Morgan fingerprint density at radius 3 is 2.62 bits per heavy atom. The van der Waals surface area contributed by atoms with Crippen LogP contribution in [0.1, 0.15) is 31.0 Å². The van der Waals surface area contributed by atoms with Gasteiger partial charge < -0.3 is 20.9 Å². The quantitative estimate of drug-likeness (QED) is 0.370. The van der Waals surface area contributed by atoms with Gasteiger partial charge in [-0.2, -0.15) is 4.98 Å². The number of fused-ring (bicyclic) bond motifs is 2. The van der Waals surface area contributed by atoms with E-state index < -0.39 is 5.54 Å². The van der Waals surface area contributed by atoms with E-state index in [2.05, 4.69) is 51.9 Å². The van der Waals surface area contributed by atoms with E-state index in [1.165, 1.54) is 5.69 Å². The maximum atomic E-state index is 13.3. The van der Waals surface area contributed by atoms with Gasteiger partial charge in [0.15, 0.2) is 11.5 Å². The first-order valence-corrected chi connectivity index (χ1v) is 13.5. The zero-order chi connectivity index (χ0) is 27.1. The number of pyridine rings is 1. The Morgan fingerprint density at radius 1 is 1.10 bits per heavy atom. The summed E-state index contributed by atoms with van der Waals surface area (Å²) in [7, 11) is 2.16. The van der Waals surface area contributed by atoms with Gasteiger partial charge in [0.25, 0.3) is 5.56 Å². The molecule has 1 aliphatic heterocycles. The van der Waals surface area contributed by atoms with Crippen molar-refractivity contribution in [2.45, 2.75) is 38.3 Å². The minimum absolute atomic E-state index is 0.192. The Hall–Kier alpha value is -4.02. The third-order valence-electron chi connectivity index (χ3n) is 7.83. The van der Waals surface area contributed by atoms with Crippen LogP contribution in [0.15, 0.2) is 60.0 Å². The molecule has 1 aromatic carbocycles. The Bertz CT molecular complexity index is 1580. The normalized spacial score (nSPS) is 19.7. The largest absolute Gasteiger partial charge is 0.369 e. The van der Waals surface area contributed by atoms with Gasteiger partial charge in [-0.3, -0.25) is 4.79 Å². The summed E-state index contributed by atoms with van der Waals surface area (Å²) >= 11 is 0. The molecule has 10 heteroatoms. The number of hydrogen-bond donors (Lipinski definition) is 2. The van der Waals surface area contributed by atoms with Gasteiger partial charge in [-0.1, -0.05) is 12.1 Å². The first kappa shape index (κ1) is 25.3. The third kappa shape index (κ3) is 4.70. The molecule has 1 atom stereocenters. The van der Waals surface area contributed by atoms with E-state index in [0.29, 0.717) is 29.3 Å². The Morgan fingerprint density at radius 2 is 1.87 bits per heavy atom. The van der Waals surface area contributed by atoms with Crippen molar-refractivity contribution in [1.29, 1.82) is 0 Å². The topological polar surface area (TPSA) is 110 Å². The van der Waals surface area contributed by atoms with Gasteiger partial charge >= 0.3 is 0 Å². The SMILES string of the molecule is C=CCn1c(=O)c2cnc(Nc3ccc(N4CCN(C)CC4)cc3)nc2n1-c1ccc2c(n1)[C@](C)(N)CCC2. The van der Waals surface area contributed by atoms with Crippen LogP contribution in [0.3, 0.4) is 0 Å². The fraction of sp³-hybridized carbons (Fsp3) is 0.379. The second-order valence-electron chi connectivity index (χ2n) is 10.8. The van der Waals surface area contributed by atoms with E-state index in [1.54, 1.807) is 21.6 Å². The summed E-state index contributed by atoms with van der Waals surface area (Å²) in [6.45, 7) is 10.3. The lowest BCUT2D eigenvalue weighted by Gasteiger charge is -2.34. The van der Waals surface area contributed by atoms with Gasteiger partial charge in [0.1, 0.15) is 5.39 Å². The summed E-state index contributed by atoms with van der Waals surface area (Å²) in [4.78, 5) is 32.3. The molecule has 0 amide bonds. The van der Waals surface area contributed by atoms with Crippen LogP contribution in [0, 0.1) is 0 Å². The van der Waals surface area contributed by atoms with E-state index in [9.17, 15) is 4.79 Å². The molecule has 1 fully saturated rings. The van der Waals surface area contributed by atoms with E-state index in [4.69, 9.17) is 15.7 Å². The molecule has 0 unspecified atom stereocenters. The first-order chi connectivity index (χ1) is 18.8. The number of hydrogen-bond acceptors (Lipinski definition) is 8. The number of aromatic nitrogens is 5. The van der Waals surface area contributed by atoms with Crippen molar-refractivity contribution >= 4 is 28.4 Å². The highest BCUT2D eigenvalue weighted by molar-refractivity contribution is 5.77. The second-order valence-corrected chi connectivity index (χ2v) is 10.8. The van der Waals surface area contributed by atoms with Gasteiger partial charge in [0, 0.05) is 43.8 Å². The minimum atomic E-state index is -0.520. The Balaban J connectivity index is 1.36. The molecule has 0 spiro atoms. The molecule has 0 saturated carbocycles. The van der Waals surface area contributed by atoms with E-state index in [1.807, 2.05) is 25.1 Å². The third-order valence-corrected chi connectivity index (χ3v) is 7.83. The lowest BCUT2D eigenvalue weighted by Crippen LogP contribution is -2.44. The monoisotopic (exact) mass is 525 g/mol. The molecule has 4 aromatic rings. The smallest absolute Gasteiger partial charge is 0.278 e. The summed E-state index contributed by atoms with van der Waals surface area (Å²) in [6, 6.07) is 12.3. The predicted octanol–water partition coefficient (Wildman–Crippen LogP) is 3.17. The number of allylic oxidation sites excluding steroid dienone is 1. The summed E-state index contributed by atoms with van der Waals surface area (Å²) in [5.41, 5.74) is 10.5. The zero-order valence-electron chi connectivity index (χ0n) is 22.6. The highest BCUT2D eigenvalue weighted by Gasteiger charge is 2.30. The van der Waals surface area contributed by atoms with E-state index in [0.717, 1.165) is 62.4 Å². The fourth-order valence-electron chi connectivity index (χ4n) is 5.61. The first-order valence-electron chi connectivity index (χ1n) is 13.5. The highest BCUT2D eigenvalue weighted by atomic mass is 16.1. The fourth-order valence-corrected chi connectivity index (χ4v) is 5.61. The molecule has 10 nitrogen and oxygen atoms in total. The van der Waals surface area contributed by atoms with Crippen LogP contribution in [0.25, 0.3) is 16.9 Å². The van der Waals surface area contributed by atoms with E-state index in [-0.39, 0.29) is 5.56 Å². The van der Waals surface area contributed by atoms with Gasteiger partial charge in [-0.25, -0.2) is 19.3 Å². The molecule has 202 valence electrons. The molecular weight excluding hydrogens is 490 g/mol. The molecule has 1 saturated heterocycles. The number of aryl methyl sites for hydroxylation is 1. The van der Waals surface area contributed by atoms with Crippen LogP contribution < -0.4 is 21.5 Å². The number of rotatable bonds is 6. The number of likely N-dealkylation sites (N-methyl/N-ethyl adjacent to an activating group) is 1. The molecule has 3 aromatic heterocycles. The van der Waals surface area contributed by atoms with Crippen molar-refractivity contribution in [3.05, 3.63) is 76.9 Å². The molecule has 39 heavy (non-hydrogen) atoms. The molecule has 0 radical (unpaired) electrons.